The average molecular weight is 575 g/mol. The second-order valence-electron chi connectivity index (χ2n) is 9.60. The lowest BCUT2D eigenvalue weighted by molar-refractivity contribution is -0.122. The van der Waals surface area contributed by atoms with Crippen LogP contribution in [0.5, 0.6) is 5.75 Å². The predicted octanol–water partition coefficient (Wildman–Crippen LogP) is 6.21. The highest BCUT2D eigenvalue weighted by molar-refractivity contribution is 8.00. The van der Waals surface area contributed by atoms with Gasteiger partial charge in [-0.1, -0.05) is 66.6 Å². The summed E-state index contributed by atoms with van der Waals surface area (Å²) in [6, 6.07) is 23.3. The van der Waals surface area contributed by atoms with Gasteiger partial charge in [0.15, 0.2) is 0 Å². The van der Waals surface area contributed by atoms with Gasteiger partial charge in [-0.2, -0.15) is 5.10 Å². The lowest BCUT2D eigenvalue weighted by Gasteiger charge is -2.23. The van der Waals surface area contributed by atoms with Crippen LogP contribution in [0.4, 0.5) is 5.82 Å². The molecule has 1 N–H and O–H groups in total. The third-order valence-electron chi connectivity index (χ3n) is 6.78. The van der Waals surface area contributed by atoms with E-state index in [1.807, 2.05) is 86.6 Å². The van der Waals surface area contributed by atoms with Crippen LogP contribution >= 0.6 is 23.4 Å². The predicted molar refractivity (Wildman–Crippen MR) is 162 cm³/mol. The number of anilines is 1. The van der Waals surface area contributed by atoms with E-state index >= 15 is 0 Å². The first-order chi connectivity index (χ1) is 19.4. The van der Waals surface area contributed by atoms with Crippen molar-refractivity contribution in [2.75, 3.05) is 30.9 Å². The Bertz CT molecular complexity index is 1520. The topological polar surface area (TPSA) is 76.5 Å². The Morgan fingerprint density at radius 3 is 2.52 bits per heavy atom. The molecule has 9 heteroatoms. The van der Waals surface area contributed by atoms with Gasteiger partial charge in [0.05, 0.1) is 29.5 Å². The van der Waals surface area contributed by atoms with Crippen molar-refractivity contribution >= 4 is 41.0 Å². The van der Waals surface area contributed by atoms with E-state index in [4.69, 9.17) is 21.4 Å². The van der Waals surface area contributed by atoms with Gasteiger partial charge >= 0.3 is 0 Å². The van der Waals surface area contributed by atoms with Gasteiger partial charge in [-0.3, -0.25) is 14.5 Å². The molecule has 4 aromatic rings. The second-order valence-corrected chi connectivity index (χ2v) is 11.1. The van der Waals surface area contributed by atoms with Gasteiger partial charge in [0, 0.05) is 28.3 Å². The number of hydrogen-bond acceptors (Lipinski definition) is 5. The fourth-order valence-corrected chi connectivity index (χ4v) is 6.15. The van der Waals surface area contributed by atoms with Crippen molar-refractivity contribution in [2.45, 2.75) is 25.5 Å². The smallest absolute Gasteiger partial charge is 0.240 e. The number of carbonyl (C=O) groups is 2. The van der Waals surface area contributed by atoms with Crippen molar-refractivity contribution in [3.05, 3.63) is 94.5 Å². The van der Waals surface area contributed by atoms with E-state index in [-0.39, 0.29) is 29.4 Å². The molecule has 1 aromatic heterocycles. The Labute approximate surface area is 243 Å². The Morgan fingerprint density at radius 2 is 1.82 bits per heavy atom. The summed E-state index contributed by atoms with van der Waals surface area (Å²) < 4.78 is 7.55. The molecule has 0 spiro atoms. The molecule has 0 fully saturated rings. The number of carbonyl (C=O) groups excluding carboxylic acids is 2. The van der Waals surface area contributed by atoms with Crippen LogP contribution in [-0.2, 0) is 9.59 Å². The minimum atomic E-state index is -0.288. The Morgan fingerprint density at radius 1 is 1.10 bits per heavy atom. The number of benzene rings is 3. The van der Waals surface area contributed by atoms with Crippen LogP contribution in [0.15, 0.2) is 72.8 Å². The third kappa shape index (κ3) is 5.60. The van der Waals surface area contributed by atoms with Crippen LogP contribution in [0.2, 0.25) is 5.02 Å². The normalized spacial score (nSPS) is 14.9. The Kier molecular flexibility index (Phi) is 8.47. The van der Waals surface area contributed by atoms with Crippen molar-refractivity contribution < 1.29 is 14.3 Å². The molecule has 1 aliphatic heterocycles. The zero-order valence-corrected chi connectivity index (χ0v) is 24.3. The highest BCUT2D eigenvalue weighted by Gasteiger charge is 2.38. The van der Waals surface area contributed by atoms with E-state index < -0.39 is 0 Å². The minimum absolute atomic E-state index is 0.108. The number of fused-ring (bicyclic) bond motifs is 1. The summed E-state index contributed by atoms with van der Waals surface area (Å²) in [5.74, 6) is 1.11. The van der Waals surface area contributed by atoms with Crippen LogP contribution in [0, 0.1) is 6.92 Å². The summed E-state index contributed by atoms with van der Waals surface area (Å²) in [5.41, 5.74) is 5.24. The van der Waals surface area contributed by atoms with Crippen molar-refractivity contribution in [1.82, 2.24) is 15.1 Å². The Hall–Kier alpha value is -3.75. The number of thioether (sulfide) groups is 1. The number of halogens is 1. The molecule has 0 saturated carbocycles. The van der Waals surface area contributed by atoms with Crippen LogP contribution in [0.1, 0.15) is 35.3 Å². The van der Waals surface area contributed by atoms with Crippen molar-refractivity contribution in [2.24, 2.45) is 0 Å². The molecular formula is C31H31ClN4O3S. The van der Waals surface area contributed by atoms with Crippen LogP contribution < -0.4 is 15.0 Å². The zero-order chi connectivity index (χ0) is 28.2. The molecule has 0 radical (unpaired) electrons. The fraction of sp³-hybridized carbons (Fsp3) is 0.258. The number of methoxy groups -OCH3 is 1. The highest BCUT2D eigenvalue weighted by Crippen LogP contribution is 2.50. The lowest BCUT2D eigenvalue weighted by atomic mass is 9.99. The second kappa shape index (κ2) is 12.2. The molecule has 0 bridgehead atoms. The zero-order valence-electron chi connectivity index (χ0n) is 22.7. The fourth-order valence-electron chi connectivity index (χ4n) is 4.80. The number of para-hydroxylation sites is 1. The summed E-state index contributed by atoms with van der Waals surface area (Å²) >= 11 is 7.75. The molecule has 5 rings (SSSR count). The SMILES string of the molecule is CCCNC(=O)CN1C(=O)CS[C@@H](c2ccccc2OC)c2c(-c3ccc(Cl)cc3)nn(-c3ccc(C)cc3)c21. The molecule has 0 aliphatic carbocycles. The molecule has 1 atom stereocenters. The maximum atomic E-state index is 13.8. The number of hydrogen-bond donors (Lipinski definition) is 1. The average Bonchev–Trinajstić information content (AvgIpc) is 3.29. The number of nitrogens with zero attached hydrogens (tertiary/aromatic N) is 3. The largest absolute Gasteiger partial charge is 0.496 e. The molecule has 2 amide bonds. The maximum Gasteiger partial charge on any atom is 0.240 e. The van der Waals surface area contributed by atoms with E-state index in [9.17, 15) is 9.59 Å². The Balaban J connectivity index is 1.81. The van der Waals surface area contributed by atoms with Gasteiger partial charge in [0.2, 0.25) is 11.8 Å². The summed E-state index contributed by atoms with van der Waals surface area (Å²) in [4.78, 5) is 28.4. The van der Waals surface area contributed by atoms with Crippen LogP contribution in [0.25, 0.3) is 16.9 Å². The first-order valence-electron chi connectivity index (χ1n) is 13.2. The number of rotatable bonds is 8. The summed E-state index contributed by atoms with van der Waals surface area (Å²) in [7, 11) is 1.65. The molecule has 7 nitrogen and oxygen atoms in total. The van der Waals surface area contributed by atoms with Gasteiger partial charge in [0.25, 0.3) is 0 Å². The first-order valence-corrected chi connectivity index (χ1v) is 14.6. The molecule has 1 aliphatic rings. The first kappa shape index (κ1) is 27.8. The van der Waals surface area contributed by atoms with Crippen molar-refractivity contribution in [3.8, 4) is 22.7 Å². The maximum absolute atomic E-state index is 13.8. The number of aryl methyl sites for hydroxylation is 1. The number of aromatic nitrogens is 2. The molecule has 3 aromatic carbocycles. The van der Waals surface area contributed by atoms with E-state index in [0.29, 0.717) is 23.1 Å². The van der Waals surface area contributed by atoms with Crippen LogP contribution in [0.3, 0.4) is 0 Å². The lowest BCUT2D eigenvalue weighted by Crippen LogP contribution is -2.42. The van der Waals surface area contributed by atoms with E-state index in [0.717, 1.165) is 40.1 Å². The summed E-state index contributed by atoms with van der Waals surface area (Å²) in [6.45, 7) is 4.45. The minimum Gasteiger partial charge on any atom is -0.496 e. The van der Waals surface area contributed by atoms with E-state index in [2.05, 4.69) is 5.32 Å². The molecular weight excluding hydrogens is 544 g/mol. The van der Waals surface area contributed by atoms with Crippen molar-refractivity contribution in [1.29, 1.82) is 0 Å². The van der Waals surface area contributed by atoms with Crippen LogP contribution in [-0.4, -0.2) is 47.5 Å². The molecule has 0 unspecified atom stereocenters. The third-order valence-corrected chi connectivity index (χ3v) is 8.27. The number of ether oxygens (including phenoxy) is 1. The monoisotopic (exact) mass is 574 g/mol. The van der Waals surface area contributed by atoms with Gasteiger partial charge < -0.3 is 10.1 Å². The van der Waals surface area contributed by atoms with E-state index in [1.165, 1.54) is 11.8 Å². The highest BCUT2D eigenvalue weighted by atomic mass is 35.5. The quantitative estimate of drug-likeness (QED) is 0.271. The molecule has 0 saturated heterocycles. The number of nitrogens with one attached hydrogen (secondary N) is 1. The molecule has 2 heterocycles. The summed E-state index contributed by atoms with van der Waals surface area (Å²) in [5, 5.41) is 8.36. The standard InChI is InChI=1S/C31H31ClN4O3S/c1-4-17-33-26(37)18-35-27(38)19-40-30(24-7-5-6-8-25(24)39-3)28-29(21-11-13-22(32)14-12-21)34-36(31(28)35)23-15-9-20(2)10-16-23/h5-16,30H,4,17-19H2,1-3H3,(H,33,37)/t30-/m0/s1. The van der Waals surface area contributed by atoms with Crippen molar-refractivity contribution in [3.63, 3.8) is 0 Å². The van der Waals surface area contributed by atoms with Gasteiger partial charge in [-0.05, 0) is 43.7 Å². The van der Waals surface area contributed by atoms with E-state index in [1.54, 1.807) is 16.7 Å². The van der Waals surface area contributed by atoms with Gasteiger partial charge in [0.1, 0.15) is 18.1 Å². The van der Waals surface area contributed by atoms with Gasteiger partial charge in [-0.15, -0.1) is 11.8 Å². The molecule has 40 heavy (non-hydrogen) atoms. The number of amides is 2. The molecule has 206 valence electrons. The summed E-state index contributed by atoms with van der Waals surface area (Å²) in [6.07, 6.45) is 0.804. The van der Waals surface area contributed by atoms with Gasteiger partial charge in [-0.25, -0.2) is 4.68 Å².